The number of hydrogen-bond donors (Lipinski definition) is 2. The fourth-order valence-electron chi connectivity index (χ4n) is 5.95. The van der Waals surface area contributed by atoms with Gasteiger partial charge in [0.05, 0.1) is 12.6 Å². The van der Waals surface area contributed by atoms with Gasteiger partial charge in [-0.1, -0.05) is 38.3 Å². The quantitative estimate of drug-likeness (QED) is 0.627. The third-order valence-corrected chi connectivity index (χ3v) is 7.87. The van der Waals surface area contributed by atoms with Crippen LogP contribution < -0.4 is 5.32 Å². The maximum atomic E-state index is 11.7. The summed E-state index contributed by atoms with van der Waals surface area (Å²) in [5, 5.41) is 10.3. The Morgan fingerprint density at radius 1 is 1.31 bits per heavy atom. The number of rotatable bonds is 3. The molecular weight excluding hydrogens is 425 g/mol. The number of nitrogens with zero attached hydrogens (tertiary/aromatic N) is 1. The van der Waals surface area contributed by atoms with Crippen LogP contribution in [-0.4, -0.2) is 65.9 Å². The zero-order chi connectivity index (χ0) is 23.7. The lowest BCUT2D eigenvalue weighted by molar-refractivity contribution is -0.192. The van der Waals surface area contributed by atoms with E-state index in [1.54, 1.807) is 12.5 Å². The number of carboxylic acids is 1. The van der Waals surface area contributed by atoms with E-state index in [2.05, 4.69) is 30.1 Å². The topological polar surface area (TPSA) is 78.9 Å². The van der Waals surface area contributed by atoms with Crippen molar-refractivity contribution in [2.24, 2.45) is 17.3 Å². The average Bonchev–Trinajstić information content (AvgIpc) is 2.69. The number of carbonyl (C=O) groups is 2. The van der Waals surface area contributed by atoms with Crippen LogP contribution in [0.1, 0.15) is 59.3 Å². The van der Waals surface area contributed by atoms with Crippen molar-refractivity contribution in [1.29, 1.82) is 0 Å². The lowest BCUT2D eigenvalue weighted by atomic mass is 9.49. The maximum absolute atomic E-state index is 11.7. The van der Waals surface area contributed by atoms with Crippen molar-refractivity contribution in [1.82, 2.24) is 10.2 Å². The standard InChI is InChI=1S/C21H34N2O2.C2HF3O2/c1-15(24)22-19-6-4-5-9-21(19)14-23(10-11-25-21)13-16-7-8-17-12-18(16)20(17,2)3;3-2(4,5)1(6)7/h7,17-19H,4-6,8-14H2,1-3H3,(H,22,24);(H,6,7)/t17-,18-,19?,21?;/m0./s1. The van der Waals surface area contributed by atoms with Gasteiger partial charge in [0.2, 0.25) is 5.91 Å². The van der Waals surface area contributed by atoms with Gasteiger partial charge in [0, 0.05) is 26.6 Å². The number of nitrogens with one attached hydrogen (secondary N) is 1. The molecular formula is C23H35F3N2O4. The molecule has 182 valence electrons. The van der Waals surface area contributed by atoms with Crippen LogP contribution in [0.25, 0.3) is 0 Å². The van der Waals surface area contributed by atoms with Crippen LogP contribution in [0, 0.1) is 17.3 Å². The van der Waals surface area contributed by atoms with E-state index in [0.29, 0.717) is 5.41 Å². The number of allylic oxidation sites excluding steroid dienone is 1. The predicted octanol–water partition coefficient (Wildman–Crippen LogP) is 3.76. The Labute approximate surface area is 187 Å². The van der Waals surface area contributed by atoms with Crippen molar-refractivity contribution in [3.05, 3.63) is 11.6 Å². The van der Waals surface area contributed by atoms with E-state index < -0.39 is 12.1 Å². The molecule has 3 fully saturated rings. The van der Waals surface area contributed by atoms with Crippen molar-refractivity contribution >= 4 is 11.9 Å². The summed E-state index contributed by atoms with van der Waals surface area (Å²) in [5.74, 6) is -1.00. The van der Waals surface area contributed by atoms with E-state index in [1.807, 2.05) is 0 Å². The van der Waals surface area contributed by atoms with E-state index in [1.165, 1.54) is 25.7 Å². The fourth-order valence-corrected chi connectivity index (χ4v) is 5.95. The molecule has 2 N–H and O–H groups in total. The number of halogens is 3. The maximum Gasteiger partial charge on any atom is 0.490 e. The summed E-state index contributed by atoms with van der Waals surface area (Å²) in [6.07, 6.45) is 4.63. The Bertz CT molecular complexity index is 748. The molecule has 1 saturated heterocycles. The molecule has 4 atom stereocenters. The van der Waals surface area contributed by atoms with Crippen LogP contribution in [0.5, 0.6) is 0 Å². The first-order valence-corrected chi connectivity index (χ1v) is 11.5. The minimum atomic E-state index is -5.08. The summed E-state index contributed by atoms with van der Waals surface area (Å²) in [6, 6.07) is 0.173. The second-order valence-corrected chi connectivity index (χ2v) is 10.2. The molecule has 0 aromatic heterocycles. The van der Waals surface area contributed by atoms with Crippen LogP contribution in [0.4, 0.5) is 13.2 Å². The summed E-state index contributed by atoms with van der Waals surface area (Å²) in [4.78, 5) is 23.2. The monoisotopic (exact) mass is 460 g/mol. The minimum Gasteiger partial charge on any atom is -0.475 e. The minimum absolute atomic E-state index is 0.0734. The number of carbonyl (C=O) groups excluding carboxylic acids is 1. The third-order valence-electron chi connectivity index (χ3n) is 7.87. The normalized spacial score (nSPS) is 33.9. The second-order valence-electron chi connectivity index (χ2n) is 10.2. The highest BCUT2D eigenvalue weighted by Gasteiger charge is 2.52. The average molecular weight is 461 g/mol. The second kappa shape index (κ2) is 9.33. The van der Waals surface area contributed by atoms with Gasteiger partial charge in [-0.15, -0.1) is 0 Å². The van der Waals surface area contributed by atoms with Crippen molar-refractivity contribution in [3.63, 3.8) is 0 Å². The van der Waals surface area contributed by atoms with Crippen LogP contribution in [0.2, 0.25) is 0 Å². The van der Waals surface area contributed by atoms with Gasteiger partial charge >= 0.3 is 12.1 Å². The Morgan fingerprint density at radius 3 is 2.56 bits per heavy atom. The van der Waals surface area contributed by atoms with E-state index >= 15 is 0 Å². The molecule has 1 spiro atoms. The SMILES string of the molecule is CC(=O)NC1CCCCC12CN(CC1=CC[C@H]3C[C@@H]1C3(C)C)CCO2.O=C(O)C(F)(F)F. The molecule has 0 radical (unpaired) electrons. The first-order valence-electron chi connectivity index (χ1n) is 11.5. The van der Waals surface area contributed by atoms with E-state index in [4.69, 9.17) is 14.6 Å². The van der Waals surface area contributed by atoms with Crippen LogP contribution in [-0.2, 0) is 14.3 Å². The molecule has 9 heteroatoms. The van der Waals surface area contributed by atoms with E-state index in [-0.39, 0.29) is 17.6 Å². The lowest BCUT2D eigenvalue weighted by Gasteiger charge is -2.57. The van der Waals surface area contributed by atoms with Crippen LogP contribution in [0.3, 0.4) is 0 Å². The summed E-state index contributed by atoms with van der Waals surface area (Å²) >= 11 is 0. The molecule has 0 aromatic rings. The molecule has 5 aliphatic rings. The van der Waals surface area contributed by atoms with Gasteiger partial charge in [0.15, 0.2) is 0 Å². The Kier molecular flexibility index (Phi) is 7.29. The summed E-state index contributed by atoms with van der Waals surface area (Å²) in [5.41, 5.74) is 1.99. The Morgan fingerprint density at radius 2 is 2.00 bits per heavy atom. The highest BCUT2D eigenvalue weighted by atomic mass is 19.4. The van der Waals surface area contributed by atoms with E-state index in [0.717, 1.165) is 50.9 Å². The number of fused-ring (bicyclic) bond motifs is 1. The van der Waals surface area contributed by atoms with Crippen molar-refractivity contribution in [3.8, 4) is 0 Å². The molecule has 5 rings (SSSR count). The summed E-state index contributed by atoms with van der Waals surface area (Å²) < 4.78 is 38.1. The fraction of sp³-hybridized carbons (Fsp3) is 0.826. The molecule has 6 nitrogen and oxygen atoms in total. The molecule has 1 heterocycles. The highest BCUT2D eigenvalue weighted by Crippen LogP contribution is 2.59. The third kappa shape index (κ3) is 5.30. The lowest BCUT2D eigenvalue weighted by Crippen LogP contribution is -2.64. The number of carboxylic acid groups (broad SMARTS) is 1. The zero-order valence-corrected chi connectivity index (χ0v) is 19.1. The highest BCUT2D eigenvalue weighted by molar-refractivity contribution is 5.73. The van der Waals surface area contributed by atoms with Crippen LogP contribution in [0.15, 0.2) is 11.6 Å². The van der Waals surface area contributed by atoms with Gasteiger partial charge in [-0.05, 0) is 42.9 Å². The Balaban J connectivity index is 0.000000360. The van der Waals surface area contributed by atoms with Crippen molar-refractivity contribution < 1.29 is 32.6 Å². The van der Waals surface area contributed by atoms with Gasteiger partial charge in [0.25, 0.3) is 0 Å². The van der Waals surface area contributed by atoms with Gasteiger partial charge in [-0.25, -0.2) is 4.79 Å². The molecule has 1 aliphatic heterocycles. The number of morpholine rings is 1. The largest absolute Gasteiger partial charge is 0.490 e. The Hall–Kier alpha value is -1.61. The first kappa shape index (κ1) is 25.0. The molecule has 2 bridgehead atoms. The molecule has 4 aliphatic carbocycles. The summed E-state index contributed by atoms with van der Waals surface area (Å²) in [6.45, 7) is 10.4. The number of aliphatic carboxylic acids is 1. The van der Waals surface area contributed by atoms with Crippen molar-refractivity contribution in [2.45, 2.75) is 77.1 Å². The van der Waals surface area contributed by atoms with Gasteiger partial charge in [0.1, 0.15) is 5.60 Å². The first-order chi connectivity index (χ1) is 14.8. The van der Waals surface area contributed by atoms with Crippen LogP contribution >= 0.6 is 0 Å². The van der Waals surface area contributed by atoms with Gasteiger partial charge < -0.3 is 15.2 Å². The van der Waals surface area contributed by atoms with Gasteiger partial charge in [-0.3, -0.25) is 9.69 Å². The number of amides is 1. The van der Waals surface area contributed by atoms with E-state index in [9.17, 15) is 18.0 Å². The molecule has 2 saturated carbocycles. The zero-order valence-electron chi connectivity index (χ0n) is 19.1. The molecule has 32 heavy (non-hydrogen) atoms. The smallest absolute Gasteiger partial charge is 0.475 e. The molecule has 1 amide bonds. The number of ether oxygens (including phenoxy) is 1. The van der Waals surface area contributed by atoms with Crippen molar-refractivity contribution in [2.75, 3.05) is 26.2 Å². The molecule has 2 unspecified atom stereocenters. The predicted molar refractivity (Wildman–Crippen MR) is 113 cm³/mol. The molecule has 0 aromatic carbocycles. The number of hydrogen-bond acceptors (Lipinski definition) is 4. The summed E-state index contributed by atoms with van der Waals surface area (Å²) in [7, 11) is 0. The van der Waals surface area contributed by atoms with Gasteiger partial charge in [-0.2, -0.15) is 13.2 Å². The number of alkyl halides is 3.